The zero-order valence-corrected chi connectivity index (χ0v) is 22.3. The number of esters is 1. The predicted octanol–water partition coefficient (Wildman–Crippen LogP) is 4.45. The summed E-state index contributed by atoms with van der Waals surface area (Å²) in [4.78, 5) is 40.3. The molecule has 1 N–H and O–H groups in total. The topological polar surface area (TPSA) is 95.9 Å². The van der Waals surface area contributed by atoms with E-state index in [9.17, 15) is 14.4 Å². The van der Waals surface area contributed by atoms with Gasteiger partial charge in [-0.3, -0.25) is 9.59 Å². The first kappa shape index (κ1) is 26.0. The summed E-state index contributed by atoms with van der Waals surface area (Å²) in [5, 5.41) is 3.62. The van der Waals surface area contributed by atoms with E-state index >= 15 is 0 Å². The molecule has 36 heavy (non-hydrogen) atoms. The summed E-state index contributed by atoms with van der Waals surface area (Å²) in [6, 6.07) is 5.21. The molecule has 0 spiro atoms. The van der Waals surface area contributed by atoms with Crippen LogP contribution in [-0.4, -0.2) is 42.8 Å². The number of nitrogens with one attached hydrogen (secondary N) is 1. The van der Waals surface area contributed by atoms with Crippen LogP contribution >= 0.6 is 0 Å². The van der Waals surface area contributed by atoms with Gasteiger partial charge in [-0.05, 0) is 67.6 Å². The summed E-state index contributed by atoms with van der Waals surface area (Å²) in [5.41, 5.74) is -0.908. The van der Waals surface area contributed by atoms with Crippen LogP contribution in [0.15, 0.2) is 23.0 Å². The molecule has 8 heteroatoms. The summed E-state index contributed by atoms with van der Waals surface area (Å²) in [6.07, 6.45) is 4.02. The Hall–Kier alpha value is -3.03. The van der Waals surface area contributed by atoms with E-state index in [1.54, 1.807) is 23.8 Å². The van der Waals surface area contributed by atoms with Crippen molar-refractivity contribution in [3.63, 3.8) is 0 Å². The van der Waals surface area contributed by atoms with E-state index in [0.29, 0.717) is 48.4 Å². The van der Waals surface area contributed by atoms with Gasteiger partial charge < -0.3 is 24.1 Å². The molecular formula is C28H38N2O6. The lowest BCUT2D eigenvalue weighted by Gasteiger charge is -2.41. The molecule has 0 saturated heterocycles. The van der Waals surface area contributed by atoms with Crippen molar-refractivity contribution in [2.24, 2.45) is 10.8 Å². The second kappa shape index (κ2) is 9.45. The van der Waals surface area contributed by atoms with E-state index in [4.69, 9.17) is 14.2 Å². The van der Waals surface area contributed by atoms with Gasteiger partial charge in [0.1, 0.15) is 11.1 Å². The van der Waals surface area contributed by atoms with Crippen molar-refractivity contribution in [2.45, 2.75) is 78.3 Å². The Morgan fingerprint density at radius 2 is 1.64 bits per heavy atom. The number of aromatic nitrogens is 1. The molecular weight excluding hydrogens is 460 g/mol. The quantitative estimate of drug-likeness (QED) is 0.626. The molecule has 8 nitrogen and oxygen atoms in total. The van der Waals surface area contributed by atoms with Gasteiger partial charge in [0.25, 0.3) is 11.5 Å². The summed E-state index contributed by atoms with van der Waals surface area (Å²) in [5.74, 6) is 0.0213. The van der Waals surface area contributed by atoms with Crippen molar-refractivity contribution in [1.29, 1.82) is 0 Å². The lowest BCUT2D eigenvalue weighted by Crippen LogP contribution is -2.58. The normalized spacial score (nSPS) is 20.3. The first-order valence-corrected chi connectivity index (χ1v) is 12.7. The van der Waals surface area contributed by atoms with E-state index in [1.807, 2.05) is 6.07 Å². The number of hydrogen-bond acceptors (Lipinski definition) is 6. The van der Waals surface area contributed by atoms with Crippen LogP contribution in [0.3, 0.4) is 0 Å². The number of amides is 1. The van der Waals surface area contributed by atoms with Crippen LogP contribution in [-0.2, 0) is 16.1 Å². The molecule has 1 saturated carbocycles. The maximum absolute atomic E-state index is 13.8. The molecule has 196 valence electrons. The van der Waals surface area contributed by atoms with Crippen molar-refractivity contribution in [3.05, 3.63) is 34.1 Å². The number of benzene rings is 1. The number of ether oxygens (including phenoxy) is 3. The van der Waals surface area contributed by atoms with E-state index in [0.717, 1.165) is 25.7 Å². The molecule has 0 atom stereocenters. The third-order valence-corrected chi connectivity index (χ3v) is 8.06. The Bertz CT molecular complexity index is 1230. The van der Waals surface area contributed by atoms with Crippen LogP contribution < -0.4 is 20.3 Å². The number of methoxy groups -OCH3 is 2. The fraction of sp³-hybridized carbons (Fsp3) is 0.607. The lowest BCUT2D eigenvalue weighted by atomic mass is 9.69. The second-order valence-electron chi connectivity index (χ2n) is 11.8. The first-order chi connectivity index (χ1) is 16.9. The molecule has 1 fully saturated rings. The molecule has 1 aromatic carbocycles. The van der Waals surface area contributed by atoms with E-state index in [-0.39, 0.29) is 16.4 Å². The third-order valence-electron chi connectivity index (χ3n) is 8.06. The summed E-state index contributed by atoms with van der Waals surface area (Å²) in [7, 11) is 2.90. The zero-order chi connectivity index (χ0) is 26.3. The average Bonchev–Trinajstić information content (AvgIpc) is 2.90. The number of aryl methyl sites for hydroxylation is 1. The van der Waals surface area contributed by atoms with Gasteiger partial charge in [0.05, 0.1) is 26.3 Å². The maximum Gasteiger partial charge on any atom is 0.331 e. The highest BCUT2D eigenvalue weighted by atomic mass is 16.5. The van der Waals surface area contributed by atoms with Crippen LogP contribution in [0, 0.1) is 10.8 Å². The summed E-state index contributed by atoms with van der Waals surface area (Å²) < 4.78 is 18.4. The summed E-state index contributed by atoms with van der Waals surface area (Å²) >= 11 is 0. The van der Waals surface area contributed by atoms with E-state index in [1.165, 1.54) is 7.11 Å². The van der Waals surface area contributed by atoms with Gasteiger partial charge in [-0.2, -0.15) is 0 Å². The molecule has 1 aromatic heterocycles. The Kier molecular flexibility index (Phi) is 6.84. The van der Waals surface area contributed by atoms with Gasteiger partial charge in [0.15, 0.2) is 11.5 Å². The van der Waals surface area contributed by atoms with Gasteiger partial charge in [-0.25, -0.2) is 4.79 Å². The molecule has 4 rings (SSSR count). The van der Waals surface area contributed by atoms with Crippen LogP contribution in [0.4, 0.5) is 0 Å². The number of pyridine rings is 1. The Morgan fingerprint density at radius 1 is 0.972 bits per heavy atom. The van der Waals surface area contributed by atoms with Crippen molar-refractivity contribution >= 4 is 22.8 Å². The highest BCUT2D eigenvalue weighted by molar-refractivity contribution is 6.01. The average molecular weight is 499 g/mol. The Morgan fingerprint density at radius 3 is 2.28 bits per heavy atom. The molecule has 0 unspecified atom stereocenters. The Balaban J connectivity index is 1.81. The molecule has 0 bridgehead atoms. The molecule has 1 aliphatic carbocycles. The number of carbonyl (C=O) groups excluding carboxylic acids is 2. The third kappa shape index (κ3) is 4.82. The van der Waals surface area contributed by atoms with E-state index < -0.39 is 23.0 Å². The lowest BCUT2D eigenvalue weighted by molar-refractivity contribution is -0.150. The minimum atomic E-state index is -1.15. The zero-order valence-electron chi connectivity index (χ0n) is 22.3. The molecule has 1 aliphatic heterocycles. The standard InChI is InChI=1S/C28H38N2O6/c1-26(2)9-11-28(12-10-26,25(33)35-6)29-23(31)19-17-18-7-8-20(34-5)22-21(18)30(24(19)32)15-13-27(3,4)14-16-36-22/h7-8,17H,9-16H2,1-6H3,(H,29,31). The first-order valence-electron chi connectivity index (χ1n) is 12.7. The smallest absolute Gasteiger partial charge is 0.331 e. The largest absolute Gasteiger partial charge is 0.493 e. The van der Waals surface area contributed by atoms with Gasteiger partial charge in [0, 0.05) is 11.9 Å². The predicted molar refractivity (Wildman–Crippen MR) is 138 cm³/mol. The number of rotatable bonds is 4. The Labute approximate surface area is 212 Å². The van der Waals surface area contributed by atoms with Crippen LogP contribution in [0.2, 0.25) is 0 Å². The SMILES string of the molecule is COC(=O)C1(NC(=O)c2cc3ccc(OC)c4c3n(c2=O)CCC(C)(C)CCO4)CCC(C)(C)CC1. The molecule has 2 heterocycles. The number of carbonyl (C=O) groups is 2. The maximum atomic E-state index is 13.8. The van der Waals surface area contributed by atoms with Gasteiger partial charge >= 0.3 is 5.97 Å². The highest BCUT2D eigenvalue weighted by Crippen LogP contribution is 2.41. The van der Waals surface area contributed by atoms with Gasteiger partial charge in [-0.15, -0.1) is 0 Å². The molecule has 1 amide bonds. The molecule has 0 radical (unpaired) electrons. The van der Waals surface area contributed by atoms with Crippen LogP contribution in [0.25, 0.3) is 10.9 Å². The minimum absolute atomic E-state index is 0.00350. The fourth-order valence-electron chi connectivity index (χ4n) is 5.29. The number of hydrogen-bond donors (Lipinski definition) is 1. The van der Waals surface area contributed by atoms with Crippen LogP contribution in [0.1, 0.15) is 76.6 Å². The van der Waals surface area contributed by atoms with Crippen molar-refractivity contribution in [3.8, 4) is 11.5 Å². The summed E-state index contributed by atoms with van der Waals surface area (Å²) in [6.45, 7) is 9.53. The van der Waals surface area contributed by atoms with Gasteiger partial charge in [-0.1, -0.05) is 27.7 Å². The van der Waals surface area contributed by atoms with Crippen molar-refractivity contribution < 1.29 is 23.8 Å². The van der Waals surface area contributed by atoms with Crippen molar-refractivity contribution in [2.75, 3.05) is 20.8 Å². The minimum Gasteiger partial charge on any atom is -0.493 e. The van der Waals surface area contributed by atoms with Gasteiger partial charge in [0.2, 0.25) is 0 Å². The highest BCUT2D eigenvalue weighted by Gasteiger charge is 2.46. The van der Waals surface area contributed by atoms with Crippen LogP contribution in [0.5, 0.6) is 11.5 Å². The monoisotopic (exact) mass is 498 g/mol. The van der Waals surface area contributed by atoms with E-state index in [2.05, 4.69) is 33.0 Å². The fourth-order valence-corrected chi connectivity index (χ4v) is 5.29. The second-order valence-corrected chi connectivity index (χ2v) is 11.8. The molecule has 2 aromatic rings. The molecule has 2 aliphatic rings. The number of nitrogens with zero attached hydrogens (tertiary/aromatic N) is 1. The van der Waals surface area contributed by atoms with Crippen molar-refractivity contribution in [1.82, 2.24) is 9.88 Å².